The van der Waals surface area contributed by atoms with Crippen molar-refractivity contribution in [2.75, 3.05) is 13.1 Å². The van der Waals surface area contributed by atoms with E-state index in [9.17, 15) is 23.1 Å². The van der Waals surface area contributed by atoms with Crippen LogP contribution in [0.1, 0.15) is 41.4 Å². The zero-order chi connectivity index (χ0) is 19.6. The van der Waals surface area contributed by atoms with Crippen LogP contribution < -0.4 is 0 Å². The molecule has 1 aromatic heterocycles. The van der Waals surface area contributed by atoms with Crippen molar-refractivity contribution in [3.05, 3.63) is 65.0 Å². The number of likely N-dealkylation sites (tertiary alicyclic amines) is 1. The van der Waals surface area contributed by atoms with Gasteiger partial charge in [-0.05, 0) is 62.7 Å². The lowest BCUT2D eigenvalue weighted by Crippen LogP contribution is -2.39. The molecule has 1 aliphatic heterocycles. The predicted molar refractivity (Wildman–Crippen MR) is 94.2 cm³/mol. The highest BCUT2D eigenvalue weighted by atomic mass is 19.4. The summed E-state index contributed by atoms with van der Waals surface area (Å²) in [5, 5.41) is 9.20. The van der Waals surface area contributed by atoms with Crippen LogP contribution in [0, 0.1) is 12.8 Å². The van der Waals surface area contributed by atoms with Gasteiger partial charge in [-0.1, -0.05) is 18.2 Å². The normalized spacial score (nSPS) is 17.6. The summed E-state index contributed by atoms with van der Waals surface area (Å²) in [6.45, 7) is 2.97. The zero-order valence-corrected chi connectivity index (χ0v) is 14.9. The van der Waals surface area contributed by atoms with E-state index < -0.39 is 17.7 Å². The van der Waals surface area contributed by atoms with Gasteiger partial charge in [-0.2, -0.15) is 13.2 Å². The van der Waals surface area contributed by atoms with Crippen LogP contribution in [0.2, 0.25) is 0 Å². The minimum Gasteiger partial charge on any atom is -0.481 e. The molecule has 1 N–H and O–H groups in total. The first-order valence-electron chi connectivity index (χ1n) is 8.83. The molecule has 1 fully saturated rings. The number of alkyl halides is 3. The molecule has 2 heterocycles. The molecule has 27 heavy (non-hydrogen) atoms. The largest absolute Gasteiger partial charge is 0.481 e. The van der Waals surface area contributed by atoms with E-state index in [-0.39, 0.29) is 12.0 Å². The first-order valence-corrected chi connectivity index (χ1v) is 8.83. The van der Waals surface area contributed by atoms with Gasteiger partial charge >= 0.3 is 12.1 Å². The molecular weight excluding hydrogens is 357 g/mol. The van der Waals surface area contributed by atoms with E-state index in [1.54, 1.807) is 0 Å². The second kappa shape index (κ2) is 7.68. The molecule has 0 aliphatic carbocycles. The van der Waals surface area contributed by atoms with Crippen molar-refractivity contribution in [1.82, 2.24) is 9.88 Å². The number of hydrogen-bond donors (Lipinski definition) is 1. The van der Waals surface area contributed by atoms with Gasteiger partial charge in [-0.25, -0.2) is 0 Å². The van der Waals surface area contributed by atoms with E-state index in [0.29, 0.717) is 25.9 Å². The smallest absolute Gasteiger partial charge is 0.416 e. The Labute approximate surface area is 155 Å². The van der Waals surface area contributed by atoms with Gasteiger partial charge < -0.3 is 5.11 Å². The van der Waals surface area contributed by atoms with Crippen molar-refractivity contribution < 1.29 is 23.1 Å². The number of rotatable bonds is 4. The maximum atomic E-state index is 12.9. The van der Waals surface area contributed by atoms with Crippen LogP contribution in [0.3, 0.4) is 0 Å². The van der Waals surface area contributed by atoms with Crippen LogP contribution in [0.25, 0.3) is 0 Å². The monoisotopic (exact) mass is 378 g/mol. The van der Waals surface area contributed by atoms with Gasteiger partial charge in [0.05, 0.1) is 23.2 Å². The number of nitrogens with zero attached hydrogens (tertiary/aromatic N) is 2. The van der Waals surface area contributed by atoms with Crippen molar-refractivity contribution in [2.24, 2.45) is 5.92 Å². The number of benzene rings is 1. The Hall–Kier alpha value is -2.41. The van der Waals surface area contributed by atoms with Crippen LogP contribution in [0.5, 0.6) is 0 Å². The molecule has 0 amide bonds. The van der Waals surface area contributed by atoms with Gasteiger partial charge in [-0.15, -0.1) is 0 Å². The summed E-state index contributed by atoms with van der Waals surface area (Å²) in [5.41, 5.74) is 1.61. The number of pyridine rings is 1. The van der Waals surface area contributed by atoms with Crippen LogP contribution in [-0.2, 0) is 11.0 Å². The van der Waals surface area contributed by atoms with Gasteiger partial charge in [0.15, 0.2) is 0 Å². The van der Waals surface area contributed by atoms with Crippen LogP contribution in [-0.4, -0.2) is 34.0 Å². The molecule has 1 unspecified atom stereocenters. The summed E-state index contributed by atoms with van der Waals surface area (Å²) in [5.74, 6) is -1.17. The third-order valence-corrected chi connectivity index (χ3v) is 4.99. The molecule has 1 saturated heterocycles. The van der Waals surface area contributed by atoms with E-state index in [4.69, 9.17) is 0 Å². The number of aliphatic carboxylic acids is 1. The molecule has 3 rings (SSSR count). The van der Waals surface area contributed by atoms with E-state index in [2.05, 4.69) is 9.88 Å². The molecule has 0 bridgehead atoms. The number of piperidine rings is 1. The minimum absolute atomic E-state index is 0.304. The summed E-state index contributed by atoms with van der Waals surface area (Å²) in [7, 11) is 0. The first kappa shape index (κ1) is 19.4. The Morgan fingerprint density at radius 1 is 1.15 bits per heavy atom. The summed E-state index contributed by atoms with van der Waals surface area (Å²) in [4.78, 5) is 17.9. The van der Waals surface area contributed by atoms with Crippen molar-refractivity contribution >= 4 is 5.97 Å². The molecule has 1 aromatic carbocycles. The molecule has 0 radical (unpaired) electrons. The molecule has 2 aromatic rings. The van der Waals surface area contributed by atoms with E-state index in [1.807, 2.05) is 25.1 Å². The molecule has 0 saturated carbocycles. The Kier molecular flexibility index (Phi) is 5.51. The van der Waals surface area contributed by atoms with Gasteiger partial charge in [0.25, 0.3) is 0 Å². The zero-order valence-electron chi connectivity index (χ0n) is 14.9. The van der Waals surface area contributed by atoms with Crippen LogP contribution in [0.15, 0.2) is 42.5 Å². The van der Waals surface area contributed by atoms with Gasteiger partial charge in [0.2, 0.25) is 0 Å². The number of aromatic nitrogens is 1. The highest BCUT2D eigenvalue weighted by Crippen LogP contribution is 2.34. The number of aryl methyl sites for hydroxylation is 1. The number of carboxylic acid groups (broad SMARTS) is 1. The fourth-order valence-corrected chi connectivity index (χ4v) is 3.54. The number of carboxylic acids is 1. The number of carbonyl (C=O) groups is 1. The molecule has 1 aliphatic rings. The van der Waals surface area contributed by atoms with Crippen molar-refractivity contribution in [1.29, 1.82) is 0 Å². The van der Waals surface area contributed by atoms with Crippen molar-refractivity contribution in [2.45, 2.75) is 32.0 Å². The fraction of sp³-hybridized carbons (Fsp3) is 0.400. The maximum absolute atomic E-state index is 12.9. The number of hydrogen-bond acceptors (Lipinski definition) is 3. The molecule has 7 heteroatoms. The quantitative estimate of drug-likeness (QED) is 0.862. The lowest BCUT2D eigenvalue weighted by molar-refractivity contribution is -0.143. The summed E-state index contributed by atoms with van der Waals surface area (Å²) < 4.78 is 38.7. The average Bonchev–Trinajstić information content (AvgIpc) is 2.62. The third kappa shape index (κ3) is 4.47. The lowest BCUT2D eigenvalue weighted by Gasteiger charge is -2.36. The number of halogens is 3. The van der Waals surface area contributed by atoms with E-state index in [0.717, 1.165) is 29.1 Å². The third-order valence-electron chi connectivity index (χ3n) is 4.99. The van der Waals surface area contributed by atoms with E-state index >= 15 is 0 Å². The Balaban J connectivity index is 1.92. The Morgan fingerprint density at radius 3 is 2.30 bits per heavy atom. The lowest BCUT2D eigenvalue weighted by atomic mass is 9.92. The van der Waals surface area contributed by atoms with Crippen LogP contribution in [0.4, 0.5) is 13.2 Å². The topological polar surface area (TPSA) is 53.4 Å². The standard InChI is InChI=1S/C20H21F3N2O2/c1-13-3-2-4-17(24-13)18(25-11-9-15(10-12-25)19(26)27)14-5-7-16(8-6-14)20(21,22)23/h2-8,15,18H,9-12H2,1H3,(H,26,27). The van der Waals surface area contributed by atoms with Crippen LogP contribution >= 0.6 is 0 Å². The highest BCUT2D eigenvalue weighted by molar-refractivity contribution is 5.70. The molecular formula is C20H21F3N2O2. The van der Waals surface area contributed by atoms with Gasteiger partial charge in [0.1, 0.15) is 0 Å². The highest BCUT2D eigenvalue weighted by Gasteiger charge is 2.33. The fourth-order valence-electron chi connectivity index (χ4n) is 3.54. The predicted octanol–water partition coefficient (Wildman–Crippen LogP) is 4.29. The second-order valence-corrected chi connectivity index (χ2v) is 6.87. The summed E-state index contributed by atoms with van der Waals surface area (Å²) in [6, 6.07) is 10.4. The Bertz CT molecular complexity index is 798. The second-order valence-electron chi connectivity index (χ2n) is 6.87. The first-order chi connectivity index (χ1) is 12.8. The average molecular weight is 378 g/mol. The SMILES string of the molecule is Cc1cccc(C(c2ccc(C(F)(F)F)cc2)N2CCC(C(=O)O)CC2)n1. The summed E-state index contributed by atoms with van der Waals surface area (Å²) >= 11 is 0. The maximum Gasteiger partial charge on any atom is 0.416 e. The summed E-state index contributed by atoms with van der Waals surface area (Å²) in [6.07, 6.45) is -3.36. The molecule has 4 nitrogen and oxygen atoms in total. The van der Waals surface area contributed by atoms with E-state index in [1.165, 1.54) is 12.1 Å². The van der Waals surface area contributed by atoms with Gasteiger partial charge in [0, 0.05) is 5.69 Å². The molecule has 1 atom stereocenters. The van der Waals surface area contributed by atoms with Crippen molar-refractivity contribution in [3.8, 4) is 0 Å². The van der Waals surface area contributed by atoms with Gasteiger partial charge in [-0.3, -0.25) is 14.7 Å². The minimum atomic E-state index is -4.38. The Morgan fingerprint density at radius 2 is 1.78 bits per heavy atom. The molecule has 144 valence electrons. The van der Waals surface area contributed by atoms with Crippen molar-refractivity contribution in [3.63, 3.8) is 0 Å². The molecule has 0 spiro atoms.